The summed E-state index contributed by atoms with van der Waals surface area (Å²) in [5.74, 6) is -0.381. The molecular weight excluding hydrogens is 450 g/mol. The first-order valence-corrected chi connectivity index (χ1v) is 11.2. The number of carbonyl (C=O) groups excluding carboxylic acids is 2. The standard InChI is InChI=1S/C25H25N5O5/c31-24(19-4-3-5-20(16-19)30(33)34)28-21-6-1-2-7-22(21)29-25(32)35-23(17-8-12-26-13-9-17)18-10-14-27-15-11-18/h1-9,12-13,16,18,23,27H,10-11,14-15H2,(H,28,31)(H,29,32). The van der Waals surface area contributed by atoms with Gasteiger partial charge in [-0.15, -0.1) is 0 Å². The van der Waals surface area contributed by atoms with E-state index in [0.717, 1.165) is 31.5 Å². The number of aromatic nitrogens is 1. The zero-order valence-electron chi connectivity index (χ0n) is 18.8. The van der Waals surface area contributed by atoms with Gasteiger partial charge in [-0.25, -0.2) is 4.79 Å². The van der Waals surface area contributed by atoms with Crippen molar-refractivity contribution in [2.75, 3.05) is 23.7 Å². The molecule has 180 valence electrons. The maximum Gasteiger partial charge on any atom is 0.412 e. The Bertz CT molecular complexity index is 1200. The number of nitro groups is 1. The van der Waals surface area contributed by atoms with Crippen LogP contribution in [0.15, 0.2) is 73.1 Å². The number of anilines is 2. The van der Waals surface area contributed by atoms with Crippen LogP contribution in [0, 0.1) is 16.0 Å². The van der Waals surface area contributed by atoms with Crippen LogP contribution in [-0.2, 0) is 4.74 Å². The molecule has 35 heavy (non-hydrogen) atoms. The molecule has 0 aliphatic carbocycles. The average molecular weight is 476 g/mol. The third kappa shape index (κ3) is 6.18. The zero-order valence-corrected chi connectivity index (χ0v) is 18.8. The van der Waals surface area contributed by atoms with Crippen molar-refractivity contribution < 1.29 is 19.2 Å². The predicted octanol–water partition coefficient (Wildman–Crippen LogP) is 4.53. The van der Waals surface area contributed by atoms with Crippen LogP contribution < -0.4 is 16.0 Å². The van der Waals surface area contributed by atoms with Gasteiger partial charge in [-0.3, -0.25) is 25.2 Å². The monoisotopic (exact) mass is 475 g/mol. The van der Waals surface area contributed by atoms with Crippen molar-refractivity contribution in [3.05, 3.63) is 94.3 Å². The topological polar surface area (TPSA) is 135 Å². The summed E-state index contributed by atoms with van der Waals surface area (Å²) in [6, 6.07) is 15.8. The van der Waals surface area contributed by atoms with Crippen LogP contribution in [0.25, 0.3) is 0 Å². The van der Waals surface area contributed by atoms with E-state index in [1.807, 2.05) is 12.1 Å². The number of hydrogen-bond donors (Lipinski definition) is 3. The molecule has 0 radical (unpaired) electrons. The van der Waals surface area contributed by atoms with Gasteiger partial charge in [0.25, 0.3) is 11.6 Å². The van der Waals surface area contributed by atoms with Gasteiger partial charge in [-0.2, -0.15) is 0 Å². The van der Waals surface area contributed by atoms with Gasteiger partial charge in [-0.1, -0.05) is 18.2 Å². The molecule has 0 spiro atoms. The molecule has 1 unspecified atom stereocenters. The molecule has 10 heteroatoms. The Morgan fingerprint density at radius 2 is 1.69 bits per heavy atom. The zero-order chi connectivity index (χ0) is 24.6. The van der Waals surface area contributed by atoms with Crippen LogP contribution >= 0.6 is 0 Å². The highest BCUT2D eigenvalue weighted by Crippen LogP contribution is 2.33. The number of ether oxygens (including phenoxy) is 1. The van der Waals surface area contributed by atoms with Crippen molar-refractivity contribution in [3.63, 3.8) is 0 Å². The Morgan fingerprint density at radius 1 is 1.00 bits per heavy atom. The molecule has 1 aliphatic rings. The van der Waals surface area contributed by atoms with Crippen molar-refractivity contribution in [1.29, 1.82) is 0 Å². The van der Waals surface area contributed by atoms with Gasteiger partial charge in [0.2, 0.25) is 0 Å². The molecule has 0 bridgehead atoms. The van der Waals surface area contributed by atoms with Crippen molar-refractivity contribution >= 4 is 29.1 Å². The number of carbonyl (C=O) groups is 2. The van der Waals surface area contributed by atoms with Crippen LogP contribution in [0.5, 0.6) is 0 Å². The van der Waals surface area contributed by atoms with Gasteiger partial charge in [0.15, 0.2) is 0 Å². The van der Waals surface area contributed by atoms with E-state index in [9.17, 15) is 19.7 Å². The highest BCUT2D eigenvalue weighted by Gasteiger charge is 2.28. The largest absolute Gasteiger partial charge is 0.441 e. The number of pyridine rings is 1. The first-order valence-electron chi connectivity index (χ1n) is 11.2. The Hall–Kier alpha value is -4.31. The number of nitrogens with one attached hydrogen (secondary N) is 3. The summed E-state index contributed by atoms with van der Waals surface area (Å²) in [6.45, 7) is 1.70. The smallest absolute Gasteiger partial charge is 0.412 e. The van der Waals surface area contributed by atoms with E-state index in [1.165, 1.54) is 24.3 Å². The molecular formula is C25H25N5O5. The summed E-state index contributed by atoms with van der Waals surface area (Å²) >= 11 is 0. The molecule has 3 aromatic rings. The molecule has 1 atom stereocenters. The number of nitrogens with zero attached hydrogens (tertiary/aromatic N) is 2. The molecule has 1 aromatic heterocycles. The number of nitro benzene ring substituents is 1. The SMILES string of the molecule is O=C(Nc1ccccc1NC(=O)c1cccc([N+](=O)[O-])c1)OC(c1ccncc1)C1CCNCC1. The second-order valence-corrected chi connectivity index (χ2v) is 8.13. The highest BCUT2D eigenvalue weighted by atomic mass is 16.6. The predicted molar refractivity (Wildman–Crippen MR) is 130 cm³/mol. The number of para-hydroxylation sites is 2. The third-order valence-electron chi connectivity index (χ3n) is 5.81. The van der Waals surface area contributed by atoms with Crippen LogP contribution in [0.2, 0.25) is 0 Å². The molecule has 2 heterocycles. The molecule has 2 amide bonds. The van der Waals surface area contributed by atoms with Gasteiger partial charge in [0.1, 0.15) is 6.10 Å². The number of piperidine rings is 1. The van der Waals surface area contributed by atoms with Gasteiger partial charge in [0.05, 0.1) is 16.3 Å². The second kappa shape index (κ2) is 11.2. The van der Waals surface area contributed by atoms with Crippen LogP contribution in [-0.4, -0.2) is 35.0 Å². The third-order valence-corrected chi connectivity index (χ3v) is 5.81. The van der Waals surface area contributed by atoms with E-state index in [1.54, 1.807) is 36.7 Å². The van der Waals surface area contributed by atoms with Gasteiger partial charge >= 0.3 is 6.09 Å². The molecule has 3 N–H and O–H groups in total. The fourth-order valence-electron chi connectivity index (χ4n) is 4.05. The van der Waals surface area contributed by atoms with Crippen molar-refractivity contribution in [1.82, 2.24) is 10.3 Å². The summed E-state index contributed by atoms with van der Waals surface area (Å²) in [5.41, 5.74) is 1.49. The summed E-state index contributed by atoms with van der Waals surface area (Å²) < 4.78 is 5.87. The maximum atomic E-state index is 12.9. The lowest BCUT2D eigenvalue weighted by molar-refractivity contribution is -0.384. The average Bonchev–Trinajstić information content (AvgIpc) is 2.89. The first kappa shape index (κ1) is 23.8. The Morgan fingerprint density at radius 3 is 2.37 bits per heavy atom. The van der Waals surface area contributed by atoms with Gasteiger partial charge < -0.3 is 15.4 Å². The number of non-ortho nitro benzene ring substituents is 1. The van der Waals surface area contributed by atoms with Gasteiger partial charge in [-0.05, 0) is 61.8 Å². The van der Waals surface area contributed by atoms with Crippen LogP contribution in [0.1, 0.15) is 34.9 Å². The highest BCUT2D eigenvalue weighted by molar-refractivity contribution is 6.07. The normalized spacial score (nSPS) is 14.5. The molecule has 1 fully saturated rings. The molecule has 10 nitrogen and oxygen atoms in total. The summed E-state index contributed by atoms with van der Waals surface area (Å²) in [5, 5.41) is 19.8. The van der Waals surface area contributed by atoms with E-state index in [2.05, 4.69) is 20.9 Å². The minimum absolute atomic E-state index is 0.125. The summed E-state index contributed by atoms with van der Waals surface area (Å²) in [7, 11) is 0. The minimum Gasteiger partial charge on any atom is -0.441 e. The summed E-state index contributed by atoms with van der Waals surface area (Å²) in [4.78, 5) is 40.1. The molecule has 2 aromatic carbocycles. The van der Waals surface area contributed by atoms with Crippen molar-refractivity contribution in [3.8, 4) is 0 Å². The first-order chi connectivity index (χ1) is 17.0. The number of benzene rings is 2. The molecule has 0 saturated carbocycles. The maximum absolute atomic E-state index is 12.9. The van der Waals surface area contributed by atoms with Crippen molar-refractivity contribution in [2.45, 2.75) is 18.9 Å². The van der Waals surface area contributed by atoms with E-state index >= 15 is 0 Å². The molecule has 1 aliphatic heterocycles. The minimum atomic E-state index is -0.651. The van der Waals surface area contributed by atoms with E-state index in [-0.39, 0.29) is 17.2 Å². The van der Waals surface area contributed by atoms with Gasteiger partial charge in [0, 0.05) is 36.0 Å². The lowest BCUT2D eigenvalue weighted by Crippen LogP contribution is -2.33. The van der Waals surface area contributed by atoms with Crippen molar-refractivity contribution in [2.24, 2.45) is 5.92 Å². The fourth-order valence-corrected chi connectivity index (χ4v) is 4.05. The second-order valence-electron chi connectivity index (χ2n) is 8.13. The number of rotatable bonds is 7. The summed E-state index contributed by atoms with van der Waals surface area (Å²) in [6.07, 6.45) is 3.99. The molecule has 1 saturated heterocycles. The Balaban J connectivity index is 1.48. The number of amides is 2. The Labute approximate surface area is 201 Å². The quantitative estimate of drug-likeness (QED) is 0.337. The van der Waals surface area contributed by atoms with E-state index < -0.39 is 23.0 Å². The van der Waals surface area contributed by atoms with E-state index in [4.69, 9.17) is 4.74 Å². The number of hydrogen-bond acceptors (Lipinski definition) is 7. The Kier molecular flexibility index (Phi) is 7.63. The fraction of sp³-hybridized carbons (Fsp3) is 0.240. The lowest BCUT2D eigenvalue weighted by atomic mass is 9.88. The van der Waals surface area contributed by atoms with Crippen LogP contribution in [0.3, 0.4) is 0 Å². The molecule has 4 rings (SSSR count). The van der Waals surface area contributed by atoms with E-state index in [0.29, 0.717) is 11.4 Å². The van der Waals surface area contributed by atoms with Crippen LogP contribution in [0.4, 0.5) is 21.9 Å². The lowest BCUT2D eigenvalue weighted by Gasteiger charge is -2.30.